The highest BCUT2D eigenvalue weighted by Crippen LogP contribution is 2.30. The van der Waals surface area contributed by atoms with Gasteiger partial charge in [-0.2, -0.15) is 0 Å². The molecule has 1 aliphatic rings. The topological polar surface area (TPSA) is 56.3 Å². The molecule has 1 aromatic carbocycles. The van der Waals surface area contributed by atoms with Crippen LogP contribution in [0.4, 0.5) is 0 Å². The molecule has 0 radical (unpaired) electrons. The van der Waals surface area contributed by atoms with E-state index >= 15 is 0 Å². The predicted molar refractivity (Wildman–Crippen MR) is 84.1 cm³/mol. The van der Waals surface area contributed by atoms with Gasteiger partial charge in [0.1, 0.15) is 6.61 Å². The Morgan fingerprint density at radius 3 is 2.77 bits per heavy atom. The molecule has 0 saturated heterocycles. The molecular weight excluding hydrogens is 278 g/mol. The molecule has 0 amide bonds. The first-order valence-electron chi connectivity index (χ1n) is 7.65. The van der Waals surface area contributed by atoms with Crippen LogP contribution in [0.25, 0.3) is 10.9 Å². The van der Waals surface area contributed by atoms with Gasteiger partial charge < -0.3 is 4.74 Å². The van der Waals surface area contributed by atoms with Gasteiger partial charge in [-0.1, -0.05) is 11.6 Å². The maximum absolute atomic E-state index is 12.5. The Hall–Kier alpha value is -2.23. The lowest BCUT2D eigenvalue weighted by atomic mass is 9.89. The van der Waals surface area contributed by atoms with E-state index in [9.17, 15) is 9.59 Å². The van der Waals surface area contributed by atoms with E-state index in [1.807, 2.05) is 25.1 Å². The number of ether oxygens (including phenoxy) is 1. The SMILES string of the molecule is CC(=O)COC(=O)c1c2c(nc3ccc(C)cc13)CCCC2. The first kappa shape index (κ1) is 14.7. The maximum Gasteiger partial charge on any atom is 0.339 e. The molecule has 0 saturated carbocycles. The van der Waals surface area contributed by atoms with Crippen molar-refractivity contribution in [3.05, 3.63) is 40.6 Å². The highest BCUT2D eigenvalue weighted by molar-refractivity contribution is 6.05. The van der Waals surface area contributed by atoms with E-state index in [1.54, 1.807) is 0 Å². The highest BCUT2D eigenvalue weighted by Gasteiger charge is 2.23. The fraction of sp³-hybridized carbons (Fsp3) is 0.389. The number of ketones is 1. The minimum atomic E-state index is -0.411. The van der Waals surface area contributed by atoms with Gasteiger partial charge >= 0.3 is 5.97 Å². The summed E-state index contributed by atoms with van der Waals surface area (Å²) in [4.78, 5) is 28.4. The first-order chi connectivity index (χ1) is 10.6. The summed E-state index contributed by atoms with van der Waals surface area (Å²) in [7, 11) is 0. The van der Waals surface area contributed by atoms with Crippen LogP contribution in [0.15, 0.2) is 18.2 Å². The van der Waals surface area contributed by atoms with Crippen LogP contribution in [-0.2, 0) is 22.4 Å². The fourth-order valence-electron chi connectivity index (χ4n) is 3.01. The number of aromatic nitrogens is 1. The largest absolute Gasteiger partial charge is 0.454 e. The van der Waals surface area contributed by atoms with E-state index in [4.69, 9.17) is 9.72 Å². The maximum atomic E-state index is 12.5. The Morgan fingerprint density at radius 1 is 1.23 bits per heavy atom. The fourth-order valence-corrected chi connectivity index (χ4v) is 3.01. The third-order valence-corrected chi connectivity index (χ3v) is 4.03. The monoisotopic (exact) mass is 297 g/mol. The Bertz CT molecular complexity index is 765. The van der Waals surface area contributed by atoms with Crippen molar-refractivity contribution in [3.63, 3.8) is 0 Å². The van der Waals surface area contributed by atoms with E-state index in [-0.39, 0.29) is 12.4 Å². The quantitative estimate of drug-likeness (QED) is 0.817. The second kappa shape index (κ2) is 5.87. The number of benzene rings is 1. The molecule has 0 fully saturated rings. The van der Waals surface area contributed by atoms with Crippen molar-refractivity contribution in [2.45, 2.75) is 39.5 Å². The Kier molecular flexibility index (Phi) is 3.92. The van der Waals surface area contributed by atoms with Gasteiger partial charge in [0.25, 0.3) is 0 Å². The molecular formula is C18H19NO3. The minimum Gasteiger partial charge on any atom is -0.454 e. The molecule has 0 spiro atoms. The Labute approximate surface area is 129 Å². The van der Waals surface area contributed by atoms with Crippen LogP contribution >= 0.6 is 0 Å². The number of esters is 1. The molecule has 3 rings (SSSR count). The third-order valence-electron chi connectivity index (χ3n) is 4.03. The standard InChI is InChI=1S/C18H19NO3/c1-11-7-8-16-14(9-11)17(18(21)22-10-12(2)20)13-5-3-4-6-15(13)19-16/h7-9H,3-6,10H2,1-2H3. The van der Waals surface area contributed by atoms with Crippen molar-refractivity contribution in [1.29, 1.82) is 0 Å². The molecule has 0 aliphatic heterocycles. The van der Waals surface area contributed by atoms with Gasteiger partial charge in [0.2, 0.25) is 0 Å². The summed E-state index contributed by atoms with van der Waals surface area (Å²) >= 11 is 0. The smallest absolute Gasteiger partial charge is 0.339 e. The van der Waals surface area contributed by atoms with Crippen molar-refractivity contribution in [1.82, 2.24) is 4.98 Å². The molecule has 0 bridgehead atoms. The molecule has 4 nitrogen and oxygen atoms in total. The second-order valence-corrected chi connectivity index (χ2v) is 5.92. The Balaban J connectivity index is 2.17. The van der Waals surface area contributed by atoms with Crippen LogP contribution in [-0.4, -0.2) is 23.3 Å². The molecule has 1 aliphatic carbocycles. The van der Waals surface area contributed by atoms with Crippen LogP contribution < -0.4 is 0 Å². The number of hydrogen-bond donors (Lipinski definition) is 0. The van der Waals surface area contributed by atoms with E-state index in [0.29, 0.717) is 5.56 Å². The van der Waals surface area contributed by atoms with Crippen LogP contribution in [0.3, 0.4) is 0 Å². The van der Waals surface area contributed by atoms with Crippen molar-refractivity contribution >= 4 is 22.7 Å². The molecule has 0 N–H and O–H groups in total. The number of carbonyl (C=O) groups is 2. The molecule has 114 valence electrons. The number of Topliss-reactive ketones (excluding diaryl/α,β-unsaturated/α-hetero) is 1. The zero-order chi connectivity index (χ0) is 15.7. The summed E-state index contributed by atoms with van der Waals surface area (Å²) in [5, 5.41) is 0.828. The molecule has 1 heterocycles. The number of aryl methyl sites for hydroxylation is 2. The number of pyridine rings is 1. The summed E-state index contributed by atoms with van der Waals surface area (Å²) in [5.41, 5.74) is 4.49. The van der Waals surface area contributed by atoms with Crippen molar-refractivity contribution in [2.24, 2.45) is 0 Å². The molecule has 2 aromatic rings. The van der Waals surface area contributed by atoms with Gasteiger partial charge in [0, 0.05) is 11.1 Å². The van der Waals surface area contributed by atoms with Crippen LogP contribution in [0.2, 0.25) is 0 Å². The lowest BCUT2D eigenvalue weighted by Crippen LogP contribution is -2.17. The average molecular weight is 297 g/mol. The van der Waals surface area contributed by atoms with E-state index in [1.165, 1.54) is 6.92 Å². The first-order valence-corrected chi connectivity index (χ1v) is 7.65. The second-order valence-electron chi connectivity index (χ2n) is 5.92. The summed E-state index contributed by atoms with van der Waals surface area (Å²) in [6.45, 7) is 3.23. The number of rotatable bonds is 3. The van der Waals surface area contributed by atoms with Crippen LogP contribution in [0.1, 0.15) is 46.9 Å². The van der Waals surface area contributed by atoms with Crippen molar-refractivity contribution in [2.75, 3.05) is 6.61 Å². The van der Waals surface area contributed by atoms with Gasteiger partial charge in [0.15, 0.2) is 5.78 Å². The highest BCUT2D eigenvalue weighted by atomic mass is 16.5. The molecule has 0 unspecified atom stereocenters. The minimum absolute atomic E-state index is 0.156. The molecule has 1 aromatic heterocycles. The summed E-state index contributed by atoms with van der Waals surface area (Å²) in [5.74, 6) is -0.567. The summed E-state index contributed by atoms with van der Waals surface area (Å²) in [6.07, 6.45) is 3.89. The van der Waals surface area contributed by atoms with Gasteiger partial charge in [-0.05, 0) is 57.2 Å². The molecule has 0 atom stereocenters. The van der Waals surface area contributed by atoms with Crippen LogP contribution in [0.5, 0.6) is 0 Å². The predicted octanol–water partition coefficient (Wildman–Crippen LogP) is 3.17. The summed E-state index contributed by atoms with van der Waals surface area (Å²) < 4.78 is 5.19. The lowest BCUT2D eigenvalue weighted by Gasteiger charge is -2.20. The zero-order valence-corrected chi connectivity index (χ0v) is 12.9. The third kappa shape index (κ3) is 2.73. The molecule has 4 heteroatoms. The number of nitrogens with zero attached hydrogens (tertiary/aromatic N) is 1. The number of hydrogen-bond acceptors (Lipinski definition) is 4. The van der Waals surface area contributed by atoms with E-state index in [2.05, 4.69) is 0 Å². The summed E-state index contributed by atoms with van der Waals surface area (Å²) in [6, 6.07) is 5.91. The number of carbonyl (C=O) groups excluding carboxylic acids is 2. The van der Waals surface area contributed by atoms with Crippen molar-refractivity contribution < 1.29 is 14.3 Å². The average Bonchev–Trinajstić information content (AvgIpc) is 2.50. The van der Waals surface area contributed by atoms with Crippen molar-refractivity contribution in [3.8, 4) is 0 Å². The number of fused-ring (bicyclic) bond motifs is 2. The van der Waals surface area contributed by atoms with E-state index in [0.717, 1.165) is 53.4 Å². The van der Waals surface area contributed by atoms with Gasteiger partial charge in [0.05, 0.1) is 11.1 Å². The van der Waals surface area contributed by atoms with Crippen LogP contribution in [0, 0.1) is 6.92 Å². The van der Waals surface area contributed by atoms with Gasteiger partial charge in [-0.3, -0.25) is 9.78 Å². The van der Waals surface area contributed by atoms with Gasteiger partial charge in [-0.25, -0.2) is 4.79 Å². The Morgan fingerprint density at radius 2 is 2.00 bits per heavy atom. The molecule has 22 heavy (non-hydrogen) atoms. The van der Waals surface area contributed by atoms with E-state index < -0.39 is 5.97 Å². The normalized spacial score (nSPS) is 13.7. The zero-order valence-electron chi connectivity index (χ0n) is 12.9. The van der Waals surface area contributed by atoms with Gasteiger partial charge in [-0.15, -0.1) is 0 Å². The lowest BCUT2D eigenvalue weighted by molar-refractivity contribution is -0.120.